The number of carbonyl (C=O) groups is 3. The van der Waals surface area contributed by atoms with Crippen molar-refractivity contribution in [2.75, 3.05) is 47.5 Å². The molecule has 0 aromatic carbocycles. The Balaban J connectivity index is 4.15. The van der Waals surface area contributed by atoms with E-state index >= 15 is 0 Å². The Morgan fingerprint density at radius 3 is 1.18 bits per heavy atom. The van der Waals surface area contributed by atoms with Gasteiger partial charge in [-0.05, 0) is 51.4 Å². The molecule has 2 unspecified atom stereocenters. The van der Waals surface area contributed by atoms with Crippen molar-refractivity contribution >= 4 is 17.9 Å². The third-order valence-corrected chi connectivity index (χ3v) is 13.3. The zero-order valence-electron chi connectivity index (χ0n) is 47.8. The molecule has 0 aliphatic heterocycles. The van der Waals surface area contributed by atoms with Crippen molar-refractivity contribution in [2.24, 2.45) is 0 Å². The molecule has 420 valence electrons. The molecule has 0 fully saturated rings. The van der Waals surface area contributed by atoms with Crippen molar-refractivity contribution in [3.63, 3.8) is 0 Å². The molecule has 0 bridgehead atoms. The lowest BCUT2D eigenvalue weighted by Gasteiger charge is -2.26. The number of hydrogen-bond donors (Lipinski definition) is 0. The van der Waals surface area contributed by atoms with Gasteiger partial charge in [-0.3, -0.25) is 9.59 Å². The fourth-order valence-corrected chi connectivity index (χ4v) is 8.71. The SMILES string of the molecule is CC/C=C\C/C=C\C/C=C\C/C=C\CCCCCCCCCCCCCCCCCCC(=O)OC(COC(=O)CCCCCCCCCCCCCCCCCCCC)COC(OCC[N+](C)(C)C)C(=O)[O-]. The Kier molecular flexibility index (Phi) is 52.4. The van der Waals surface area contributed by atoms with Crippen LogP contribution in [0.25, 0.3) is 0 Å². The highest BCUT2D eigenvalue weighted by atomic mass is 16.7. The summed E-state index contributed by atoms with van der Waals surface area (Å²) in [4.78, 5) is 37.3. The maximum Gasteiger partial charge on any atom is 0.306 e. The highest BCUT2D eigenvalue weighted by molar-refractivity contribution is 5.70. The summed E-state index contributed by atoms with van der Waals surface area (Å²) in [7, 11) is 5.93. The number of carboxylic acid groups (broad SMARTS) is 1. The summed E-state index contributed by atoms with van der Waals surface area (Å²) in [6.07, 6.45) is 64.5. The van der Waals surface area contributed by atoms with Gasteiger partial charge in [-0.2, -0.15) is 0 Å². The third-order valence-electron chi connectivity index (χ3n) is 13.3. The van der Waals surface area contributed by atoms with Gasteiger partial charge in [0.15, 0.2) is 12.4 Å². The summed E-state index contributed by atoms with van der Waals surface area (Å²) in [6, 6.07) is 0. The molecule has 0 saturated heterocycles. The van der Waals surface area contributed by atoms with Crippen LogP contribution in [-0.4, -0.2) is 82.3 Å². The number of quaternary nitrogens is 1. The van der Waals surface area contributed by atoms with Crippen LogP contribution in [0.15, 0.2) is 48.6 Å². The Morgan fingerprint density at radius 2 is 0.792 bits per heavy atom. The normalized spacial score (nSPS) is 13.1. The number of rotatable bonds is 56. The van der Waals surface area contributed by atoms with Crippen molar-refractivity contribution in [3.05, 3.63) is 48.6 Å². The molecule has 2 atom stereocenters. The average Bonchev–Trinajstić information content (AvgIpc) is 3.35. The molecular formula is C63H115NO8. The fourth-order valence-electron chi connectivity index (χ4n) is 8.71. The second-order valence-corrected chi connectivity index (χ2v) is 21.6. The summed E-state index contributed by atoms with van der Waals surface area (Å²) in [5.41, 5.74) is 0. The molecule has 0 N–H and O–H groups in total. The van der Waals surface area contributed by atoms with E-state index in [9.17, 15) is 19.5 Å². The molecule has 0 saturated carbocycles. The molecule has 0 spiro atoms. The minimum atomic E-state index is -1.62. The number of unbranched alkanes of at least 4 members (excludes halogenated alkanes) is 33. The number of hydrogen-bond acceptors (Lipinski definition) is 8. The zero-order valence-corrected chi connectivity index (χ0v) is 47.8. The molecule has 0 aromatic rings. The summed E-state index contributed by atoms with van der Waals surface area (Å²) < 4.78 is 22.7. The highest BCUT2D eigenvalue weighted by Gasteiger charge is 2.22. The maximum absolute atomic E-state index is 12.9. The number of esters is 2. The van der Waals surface area contributed by atoms with Crippen LogP contribution in [0.5, 0.6) is 0 Å². The molecule has 0 amide bonds. The lowest BCUT2D eigenvalue weighted by Crippen LogP contribution is -2.44. The van der Waals surface area contributed by atoms with Gasteiger partial charge in [0.2, 0.25) is 0 Å². The Morgan fingerprint density at radius 1 is 0.431 bits per heavy atom. The first-order valence-corrected chi connectivity index (χ1v) is 30.3. The maximum atomic E-state index is 12.9. The molecule has 9 nitrogen and oxygen atoms in total. The second-order valence-electron chi connectivity index (χ2n) is 21.6. The quantitative estimate of drug-likeness (QED) is 0.0195. The highest BCUT2D eigenvalue weighted by Crippen LogP contribution is 2.17. The van der Waals surface area contributed by atoms with Crippen LogP contribution in [0.1, 0.15) is 277 Å². The van der Waals surface area contributed by atoms with Crippen LogP contribution < -0.4 is 5.11 Å². The molecule has 0 heterocycles. The number of ether oxygens (including phenoxy) is 4. The fraction of sp³-hybridized carbons (Fsp3) is 0.825. The molecule has 0 radical (unpaired) electrons. The Labute approximate surface area is 444 Å². The minimum absolute atomic E-state index is 0.149. The van der Waals surface area contributed by atoms with E-state index in [1.54, 1.807) is 0 Å². The zero-order chi connectivity index (χ0) is 52.7. The molecule has 9 heteroatoms. The molecule has 0 aromatic heterocycles. The van der Waals surface area contributed by atoms with Crippen LogP contribution in [0, 0.1) is 0 Å². The number of nitrogens with zero attached hydrogens (tertiary/aromatic N) is 1. The van der Waals surface area contributed by atoms with Crippen molar-refractivity contribution in [2.45, 2.75) is 289 Å². The largest absolute Gasteiger partial charge is 0.545 e. The van der Waals surface area contributed by atoms with Gasteiger partial charge in [0.05, 0.1) is 40.3 Å². The minimum Gasteiger partial charge on any atom is -0.545 e. The molecule has 0 rings (SSSR count). The molecule has 0 aliphatic rings. The van der Waals surface area contributed by atoms with Crippen molar-refractivity contribution in [1.82, 2.24) is 0 Å². The van der Waals surface area contributed by atoms with Crippen molar-refractivity contribution in [3.8, 4) is 0 Å². The molecule has 72 heavy (non-hydrogen) atoms. The summed E-state index contributed by atoms with van der Waals surface area (Å²) >= 11 is 0. The lowest BCUT2D eigenvalue weighted by molar-refractivity contribution is -0.870. The van der Waals surface area contributed by atoms with Gasteiger partial charge < -0.3 is 33.3 Å². The van der Waals surface area contributed by atoms with Crippen LogP contribution in [0.4, 0.5) is 0 Å². The summed E-state index contributed by atoms with van der Waals surface area (Å²) in [5, 5.41) is 11.8. The van der Waals surface area contributed by atoms with Gasteiger partial charge in [-0.1, -0.05) is 262 Å². The van der Waals surface area contributed by atoms with Crippen LogP contribution in [0.2, 0.25) is 0 Å². The number of likely N-dealkylation sites (N-methyl/N-ethyl adjacent to an activating group) is 1. The van der Waals surface area contributed by atoms with Crippen LogP contribution >= 0.6 is 0 Å². The van der Waals surface area contributed by atoms with E-state index in [1.807, 2.05) is 21.1 Å². The number of carbonyl (C=O) groups excluding carboxylic acids is 3. The van der Waals surface area contributed by atoms with Crippen LogP contribution in [-0.2, 0) is 33.3 Å². The van der Waals surface area contributed by atoms with Crippen molar-refractivity contribution < 1.29 is 42.9 Å². The van der Waals surface area contributed by atoms with E-state index in [0.29, 0.717) is 23.9 Å². The first-order valence-electron chi connectivity index (χ1n) is 30.3. The van der Waals surface area contributed by atoms with Gasteiger partial charge >= 0.3 is 11.9 Å². The lowest BCUT2D eigenvalue weighted by atomic mass is 10.0. The Bertz CT molecular complexity index is 1320. The van der Waals surface area contributed by atoms with Gasteiger partial charge in [-0.25, -0.2) is 0 Å². The van der Waals surface area contributed by atoms with E-state index in [-0.39, 0.29) is 32.2 Å². The van der Waals surface area contributed by atoms with E-state index in [1.165, 1.54) is 186 Å². The molecular weight excluding hydrogens is 899 g/mol. The first kappa shape index (κ1) is 69.2. The third kappa shape index (κ3) is 55.0. The van der Waals surface area contributed by atoms with Gasteiger partial charge in [0, 0.05) is 12.8 Å². The Hall–Kier alpha value is -2.75. The predicted molar refractivity (Wildman–Crippen MR) is 302 cm³/mol. The van der Waals surface area contributed by atoms with E-state index < -0.39 is 24.3 Å². The van der Waals surface area contributed by atoms with Gasteiger partial charge in [0.25, 0.3) is 0 Å². The van der Waals surface area contributed by atoms with Gasteiger partial charge in [-0.15, -0.1) is 0 Å². The van der Waals surface area contributed by atoms with Gasteiger partial charge in [0.1, 0.15) is 13.2 Å². The van der Waals surface area contributed by atoms with Crippen molar-refractivity contribution in [1.29, 1.82) is 0 Å². The smallest absolute Gasteiger partial charge is 0.306 e. The summed E-state index contributed by atoms with van der Waals surface area (Å²) in [5.74, 6) is -2.26. The molecule has 0 aliphatic carbocycles. The van der Waals surface area contributed by atoms with E-state index in [0.717, 1.165) is 57.8 Å². The predicted octanol–water partition coefficient (Wildman–Crippen LogP) is 16.5. The average molecular weight is 1010 g/mol. The monoisotopic (exact) mass is 1010 g/mol. The number of allylic oxidation sites excluding steroid dienone is 8. The summed E-state index contributed by atoms with van der Waals surface area (Å²) in [6.45, 7) is 4.68. The topological polar surface area (TPSA) is 111 Å². The first-order chi connectivity index (χ1) is 35.1. The van der Waals surface area contributed by atoms with E-state index in [2.05, 4.69) is 62.5 Å². The van der Waals surface area contributed by atoms with Crippen LogP contribution in [0.3, 0.4) is 0 Å². The number of aliphatic carboxylic acids is 1. The standard InChI is InChI=1S/C63H115NO8/c1-6-8-10-12-14-16-18-20-22-24-26-27-28-29-30-31-32-33-34-35-36-38-40-42-44-46-48-50-52-54-61(66)72-59(58-71-63(62(67)68)69-56-55-64(3,4)5)57-70-60(65)53-51-49-47-45-43-41-39-37-25-23-21-19-17-15-13-11-9-7-2/h8,10,14,16,20,22,26-27,59,63H,6-7,9,11-13,15,17-19,21,23-25,28-58H2,1-5H3/b10-8-,16-14-,22-20-,27-26-. The second kappa shape index (κ2) is 54.5. The number of carboxylic acids is 1. The van der Waals surface area contributed by atoms with E-state index in [4.69, 9.17) is 18.9 Å².